The summed E-state index contributed by atoms with van der Waals surface area (Å²) in [6, 6.07) is 16.9. The molecule has 0 saturated heterocycles. The maximum absolute atomic E-state index is 11.0. The second-order valence-electron chi connectivity index (χ2n) is 5.17. The van der Waals surface area contributed by atoms with Gasteiger partial charge >= 0.3 is 0 Å². The number of aromatic nitrogens is 1. The fourth-order valence-electron chi connectivity index (χ4n) is 2.53. The van der Waals surface area contributed by atoms with Crippen LogP contribution in [-0.4, -0.2) is 10.1 Å². The molecule has 102 valence electrons. The zero-order chi connectivity index (χ0) is 14.9. The molecule has 0 radical (unpaired) electrons. The van der Waals surface area contributed by atoms with Crippen LogP contribution in [0.2, 0.25) is 0 Å². The Morgan fingerprint density at radius 2 is 1.76 bits per heavy atom. The van der Waals surface area contributed by atoms with Gasteiger partial charge in [-0.3, -0.25) is 4.98 Å². The number of benzene rings is 2. The number of hydrogen-bond donors (Lipinski definition) is 1. The summed E-state index contributed by atoms with van der Waals surface area (Å²) in [5.41, 5.74) is 0.900. The van der Waals surface area contributed by atoms with Gasteiger partial charge in [-0.15, -0.1) is 0 Å². The van der Waals surface area contributed by atoms with Gasteiger partial charge in [0.25, 0.3) is 0 Å². The topological polar surface area (TPSA) is 56.9 Å². The van der Waals surface area contributed by atoms with Crippen molar-refractivity contribution in [2.75, 3.05) is 0 Å². The largest absolute Gasteiger partial charge is 0.381 e. The number of pyridine rings is 1. The molecular formula is C18H14N2O. The molecule has 1 atom stereocenters. The molecule has 1 heterocycles. The maximum Gasteiger partial charge on any atom is 0.114 e. The van der Waals surface area contributed by atoms with Gasteiger partial charge in [-0.25, -0.2) is 0 Å². The molecule has 3 aromatic rings. The van der Waals surface area contributed by atoms with E-state index in [-0.39, 0.29) is 0 Å². The van der Waals surface area contributed by atoms with E-state index in [9.17, 15) is 5.11 Å². The van der Waals surface area contributed by atoms with E-state index in [1.807, 2.05) is 24.3 Å². The number of fused-ring (bicyclic) bond motifs is 1. The number of nitrogens with zero attached hydrogens (tertiary/aromatic N) is 2. The molecule has 0 spiro atoms. The third kappa shape index (κ3) is 2.26. The summed E-state index contributed by atoms with van der Waals surface area (Å²) in [4.78, 5) is 4.23. The van der Waals surface area contributed by atoms with Gasteiger partial charge in [0.05, 0.1) is 11.6 Å². The number of hydrogen-bond acceptors (Lipinski definition) is 3. The molecule has 0 aliphatic rings. The normalized spacial score (nSPS) is 13.6. The Balaban J connectivity index is 2.17. The molecule has 0 saturated carbocycles. The summed E-state index contributed by atoms with van der Waals surface area (Å²) >= 11 is 0. The quantitative estimate of drug-likeness (QED) is 0.779. The van der Waals surface area contributed by atoms with Crippen LogP contribution in [0.5, 0.6) is 0 Å². The molecule has 3 heteroatoms. The number of rotatable bonds is 2. The van der Waals surface area contributed by atoms with Crippen LogP contribution in [0.4, 0.5) is 0 Å². The predicted molar refractivity (Wildman–Crippen MR) is 81.6 cm³/mol. The van der Waals surface area contributed by atoms with E-state index in [4.69, 9.17) is 5.26 Å². The molecule has 1 aromatic heterocycles. The minimum atomic E-state index is -1.16. The Morgan fingerprint density at radius 1 is 1.05 bits per heavy atom. The second kappa shape index (κ2) is 5.01. The fourth-order valence-corrected chi connectivity index (χ4v) is 2.53. The molecule has 3 nitrogen and oxygen atoms in total. The van der Waals surface area contributed by atoms with E-state index in [1.165, 1.54) is 0 Å². The highest BCUT2D eigenvalue weighted by molar-refractivity contribution is 5.85. The summed E-state index contributed by atoms with van der Waals surface area (Å²) in [6.07, 6.45) is 3.48. The summed E-state index contributed by atoms with van der Waals surface area (Å²) in [5.74, 6) is 0. The van der Waals surface area contributed by atoms with Crippen molar-refractivity contribution in [2.24, 2.45) is 0 Å². The van der Waals surface area contributed by atoms with E-state index >= 15 is 0 Å². The number of nitriles is 1. The van der Waals surface area contributed by atoms with Crippen LogP contribution in [0.25, 0.3) is 10.8 Å². The first kappa shape index (κ1) is 13.3. The van der Waals surface area contributed by atoms with Crippen molar-refractivity contribution in [3.8, 4) is 6.07 Å². The van der Waals surface area contributed by atoms with Gasteiger partial charge in [0.1, 0.15) is 5.60 Å². The Bertz CT molecular complexity index is 824. The molecule has 0 bridgehead atoms. The third-order valence-electron chi connectivity index (χ3n) is 3.77. The van der Waals surface area contributed by atoms with Gasteiger partial charge in [0, 0.05) is 23.3 Å². The third-order valence-corrected chi connectivity index (χ3v) is 3.77. The second-order valence-corrected chi connectivity index (χ2v) is 5.17. The van der Waals surface area contributed by atoms with E-state index in [2.05, 4.69) is 11.1 Å². The standard InChI is InChI=1S/C18H14N2O/c1-18(21,15-8-6-13(10-19)7-9-15)17-12-20-11-14-4-2-3-5-16(14)17/h2-9,11-12,21H,1H3. The molecule has 1 unspecified atom stereocenters. The van der Waals surface area contributed by atoms with Crippen LogP contribution in [-0.2, 0) is 5.60 Å². The summed E-state index contributed by atoms with van der Waals surface area (Å²) < 4.78 is 0. The lowest BCUT2D eigenvalue weighted by Crippen LogP contribution is -2.23. The van der Waals surface area contributed by atoms with E-state index in [0.717, 1.165) is 21.9 Å². The first-order chi connectivity index (χ1) is 10.1. The van der Waals surface area contributed by atoms with E-state index in [1.54, 1.807) is 43.6 Å². The van der Waals surface area contributed by atoms with E-state index in [0.29, 0.717) is 5.56 Å². The molecule has 3 rings (SSSR count). The molecular weight excluding hydrogens is 260 g/mol. The van der Waals surface area contributed by atoms with Crippen molar-refractivity contribution in [3.05, 3.63) is 77.6 Å². The lowest BCUT2D eigenvalue weighted by Gasteiger charge is -2.25. The highest BCUT2D eigenvalue weighted by Gasteiger charge is 2.27. The Labute approximate surface area is 123 Å². The maximum atomic E-state index is 11.0. The smallest absolute Gasteiger partial charge is 0.114 e. The molecule has 0 aliphatic carbocycles. The molecule has 0 amide bonds. The minimum Gasteiger partial charge on any atom is -0.381 e. The lowest BCUT2D eigenvalue weighted by atomic mass is 9.86. The fraction of sp³-hybridized carbons (Fsp3) is 0.111. The van der Waals surface area contributed by atoms with E-state index < -0.39 is 5.60 Å². The van der Waals surface area contributed by atoms with Crippen LogP contribution < -0.4 is 0 Å². The van der Waals surface area contributed by atoms with Crippen LogP contribution in [0.1, 0.15) is 23.6 Å². The van der Waals surface area contributed by atoms with Crippen molar-refractivity contribution in [1.29, 1.82) is 5.26 Å². The monoisotopic (exact) mass is 274 g/mol. The highest BCUT2D eigenvalue weighted by atomic mass is 16.3. The molecule has 1 N–H and O–H groups in total. The van der Waals surface area contributed by atoms with Gasteiger partial charge in [-0.05, 0) is 30.0 Å². The van der Waals surface area contributed by atoms with Gasteiger partial charge < -0.3 is 5.11 Å². The highest BCUT2D eigenvalue weighted by Crippen LogP contribution is 2.33. The summed E-state index contributed by atoms with van der Waals surface area (Å²) in [5, 5.41) is 21.8. The number of aliphatic hydroxyl groups is 1. The van der Waals surface area contributed by atoms with Crippen LogP contribution >= 0.6 is 0 Å². The Morgan fingerprint density at radius 3 is 2.48 bits per heavy atom. The van der Waals surface area contributed by atoms with Crippen molar-refractivity contribution < 1.29 is 5.11 Å². The zero-order valence-electron chi connectivity index (χ0n) is 11.6. The van der Waals surface area contributed by atoms with Crippen molar-refractivity contribution >= 4 is 10.8 Å². The first-order valence-electron chi connectivity index (χ1n) is 6.69. The van der Waals surface area contributed by atoms with Crippen molar-refractivity contribution in [3.63, 3.8) is 0 Å². The Hall–Kier alpha value is -2.70. The van der Waals surface area contributed by atoms with Crippen molar-refractivity contribution in [1.82, 2.24) is 4.98 Å². The molecule has 2 aromatic carbocycles. The summed E-state index contributed by atoms with van der Waals surface area (Å²) in [6.45, 7) is 1.75. The van der Waals surface area contributed by atoms with Crippen LogP contribution in [0.15, 0.2) is 60.9 Å². The molecule has 0 aliphatic heterocycles. The lowest BCUT2D eigenvalue weighted by molar-refractivity contribution is 0.103. The average molecular weight is 274 g/mol. The Kier molecular flexibility index (Phi) is 3.17. The molecule has 21 heavy (non-hydrogen) atoms. The first-order valence-corrected chi connectivity index (χ1v) is 6.69. The minimum absolute atomic E-state index is 0.575. The average Bonchev–Trinajstić information content (AvgIpc) is 2.54. The van der Waals surface area contributed by atoms with Gasteiger partial charge in [0.15, 0.2) is 0 Å². The van der Waals surface area contributed by atoms with Crippen LogP contribution in [0.3, 0.4) is 0 Å². The molecule has 0 fully saturated rings. The summed E-state index contributed by atoms with van der Waals surface area (Å²) in [7, 11) is 0. The van der Waals surface area contributed by atoms with Crippen molar-refractivity contribution in [2.45, 2.75) is 12.5 Å². The predicted octanol–water partition coefficient (Wildman–Crippen LogP) is 3.36. The van der Waals surface area contributed by atoms with Gasteiger partial charge in [-0.1, -0.05) is 36.4 Å². The van der Waals surface area contributed by atoms with Gasteiger partial charge in [-0.2, -0.15) is 5.26 Å². The zero-order valence-corrected chi connectivity index (χ0v) is 11.6. The van der Waals surface area contributed by atoms with Crippen LogP contribution in [0, 0.1) is 11.3 Å². The SMILES string of the molecule is CC(O)(c1ccc(C#N)cc1)c1cncc2ccccc12. The van der Waals surface area contributed by atoms with Gasteiger partial charge in [0.2, 0.25) is 0 Å².